The van der Waals surface area contributed by atoms with Crippen LogP contribution in [-0.4, -0.2) is 23.6 Å². The predicted octanol–water partition coefficient (Wildman–Crippen LogP) is 3.99. The molecule has 0 aromatic carbocycles. The van der Waals surface area contributed by atoms with Gasteiger partial charge in [-0.05, 0) is 57.6 Å². The van der Waals surface area contributed by atoms with Crippen molar-refractivity contribution in [3.05, 3.63) is 24.0 Å². The van der Waals surface area contributed by atoms with Gasteiger partial charge in [0.1, 0.15) is 0 Å². The molecule has 1 aromatic rings. The molecule has 0 bridgehead atoms. The second-order valence-corrected chi connectivity index (χ2v) is 7.30. The molecule has 2 heterocycles. The summed E-state index contributed by atoms with van der Waals surface area (Å²) >= 11 is 0. The standard InChI is InChI=1S/C18H31N3/c1-5-15-7-6-11-21(12-9-15)17-14-19-10-8-16(17)13-20-18(2,3)4/h8,10,14-15,20H,5-7,9,11-13H2,1-4H3. The van der Waals surface area contributed by atoms with Gasteiger partial charge in [-0.1, -0.05) is 13.3 Å². The summed E-state index contributed by atoms with van der Waals surface area (Å²) in [5, 5.41) is 3.60. The maximum atomic E-state index is 4.37. The van der Waals surface area contributed by atoms with Gasteiger partial charge in [-0.25, -0.2) is 0 Å². The smallest absolute Gasteiger partial charge is 0.0598 e. The lowest BCUT2D eigenvalue weighted by atomic mass is 9.98. The van der Waals surface area contributed by atoms with Crippen molar-refractivity contribution in [3.8, 4) is 0 Å². The molecule has 1 atom stereocenters. The Balaban J connectivity index is 2.08. The van der Waals surface area contributed by atoms with Crippen molar-refractivity contribution in [2.45, 2.75) is 65.5 Å². The van der Waals surface area contributed by atoms with Gasteiger partial charge >= 0.3 is 0 Å². The molecule has 0 aliphatic carbocycles. The van der Waals surface area contributed by atoms with Crippen LogP contribution in [0.4, 0.5) is 5.69 Å². The molecule has 0 saturated carbocycles. The maximum absolute atomic E-state index is 4.37. The maximum Gasteiger partial charge on any atom is 0.0598 e. The summed E-state index contributed by atoms with van der Waals surface area (Å²) in [5.74, 6) is 0.905. The molecule has 1 saturated heterocycles. The van der Waals surface area contributed by atoms with E-state index >= 15 is 0 Å². The van der Waals surface area contributed by atoms with Crippen molar-refractivity contribution >= 4 is 5.69 Å². The summed E-state index contributed by atoms with van der Waals surface area (Å²) in [5.41, 5.74) is 2.84. The van der Waals surface area contributed by atoms with Gasteiger partial charge < -0.3 is 10.2 Å². The van der Waals surface area contributed by atoms with Gasteiger partial charge in [-0.15, -0.1) is 0 Å². The zero-order chi connectivity index (χ0) is 15.3. The summed E-state index contributed by atoms with van der Waals surface area (Å²) in [6.07, 6.45) is 9.28. The van der Waals surface area contributed by atoms with Gasteiger partial charge in [-0.3, -0.25) is 4.98 Å². The molecule has 2 rings (SSSR count). The lowest BCUT2D eigenvalue weighted by Crippen LogP contribution is -2.36. The Morgan fingerprint density at radius 3 is 2.81 bits per heavy atom. The van der Waals surface area contributed by atoms with E-state index in [1.165, 1.54) is 50.0 Å². The first-order valence-corrected chi connectivity index (χ1v) is 8.42. The summed E-state index contributed by atoms with van der Waals surface area (Å²) in [6.45, 7) is 12.2. The molecule has 118 valence electrons. The van der Waals surface area contributed by atoms with E-state index in [0.717, 1.165) is 12.5 Å². The minimum Gasteiger partial charge on any atom is -0.370 e. The van der Waals surface area contributed by atoms with Crippen LogP contribution in [0.25, 0.3) is 0 Å². The van der Waals surface area contributed by atoms with Crippen molar-refractivity contribution < 1.29 is 0 Å². The molecule has 3 nitrogen and oxygen atoms in total. The van der Waals surface area contributed by atoms with Crippen LogP contribution in [-0.2, 0) is 6.54 Å². The van der Waals surface area contributed by atoms with Gasteiger partial charge in [0.25, 0.3) is 0 Å². The third-order valence-corrected chi connectivity index (χ3v) is 4.46. The fourth-order valence-corrected chi connectivity index (χ4v) is 3.02. The third-order valence-electron chi connectivity index (χ3n) is 4.46. The third kappa shape index (κ3) is 4.99. The van der Waals surface area contributed by atoms with Crippen LogP contribution in [0.2, 0.25) is 0 Å². The van der Waals surface area contributed by atoms with Crippen LogP contribution in [0, 0.1) is 5.92 Å². The van der Waals surface area contributed by atoms with Crippen LogP contribution >= 0.6 is 0 Å². The topological polar surface area (TPSA) is 28.2 Å². The highest BCUT2D eigenvalue weighted by molar-refractivity contribution is 5.51. The number of pyridine rings is 1. The monoisotopic (exact) mass is 289 g/mol. The Bertz CT molecular complexity index is 436. The first-order chi connectivity index (χ1) is 9.99. The number of rotatable bonds is 4. The average Bonchev–Trinajstić information content (AvgIpc) is 2.70. The normalized spacial score (nSPS) is 20.4. The molecular weight excluding hydrogens is 258 g/mol. The van der Waals surface area contributed by atoms with Crippen LogP contribution in [0.3, 0.4) is 0 Å². The van der Waals surface area contributed by atoms with Crippen LogP contribution in [0.5, 0.6) is 0 Å². The SMILES string of the molecule is CCC1CCCN(c2cnccc2CNC(C)(C)C)CC1. The lowest BCUT2D eigenvalue weighted by Gasteiger charge is -2.27. The fraction of sp³-hybridized carbons (Fsp3) is 0.722. The minimum absolute atomic E-state index is 0.145. The van der Waals surface area contributed by atoms with E-state index in [0.29, 0.717) is 0 Å². The highest BCUT2D eigenvalue weighted by Crippen LogP contribution is 2.26. The molecule has 3 heteroatoms. The van der Waals surface area contributed by atoms with E-state index < -0.39 is 0 Å². The number of anilines is 1. The number of nitrogens with zero attached hydrogens (tertiary/aromatic N) is 2. The molecule has 0 amide bonds. The van der Waals surface area contributed by atoms with Gasteiger partial charge in [0, 0.05) is 31.4 Å². The second kappa shape index (κ2) is 7.26. The molecular formula is C18H31N3. The molecule has 0 spiro atoms. The van der Waals surface area contributed by atoms with Crippen LogP contribution < -0.4 is 10.2 Å². The summed E-state index contributed by atoms with van der Waals surface area (Å²) < 4.78 is 0. The van der Waals surface area contributed by atoms with Crippen LogP contribution in [0.1, 0.15) is 58.9 Å². The Kier molecular flexibility index (Phi) is 5.63. The highest BCUT2D eigenvalue weighted by Gasteiger charge is 2.18. The molecule has 1 fully saturated rings. The molecule has 1 unspecified atom stereocenters. The van der Waals surface area contributed by atoms with Crippen LogP contribution in [0.15, 0.2) is 18.5 Å². The molecule has 21 heavy (non-hydrogen) atoms. The van der Waals surface area contributed by atoms with E-state index in [1.54, 1.807) is 0 Å². The van der Waals surface area contributed by atoms with E-state index in [-0.39, 0.29) is 5.54 Å². The largest absolute Gasteiger partial charge is 0.370 e. The van der Waals surface area contributed by atoms with Crippen molar-refractivity contribution in [1.82, 2.24) is 10.3 Å². The Morgan fingerprint density at radius 2 is 2.10 bits per heavy atom. The van der Waals surface area contributed by atoms with Crippen molar-refractivity contribution in [2.75, 3.05) is 18.0 Å². The quantitative estimate of drug-likeness (QED) is 0.908. The van der Waals surface area contributed by atoms with E-state index in [9.17, 15) is 0 Å². The highest BCUT2D eigenvalue weighted by atomic mass is 15.1. The van der Waals surface area contributed by atoms with Crippen molar-refractivity contribution in [1.29, 1.82) is 0 Å². The summed E-state index contributed by atoms with van der Waals surface area (Å²) in [4.78, 5) is 6.91. The minimum atomic E-state index is 0.145. The Hall–Kier alpha value is -1.09. The number of nitrogens with one attached hydrogen (secondary N) is 1. The second-order valence-electron chi connectivity index (χ2n) is 7.30. The molecule has 1 aliphatic heterocycles. The first kappa shape index (κ1) is 16.3. The van der Waals surface area contributed by atoms with E-state index in [2.05, 4.69) is 49.0 Å². The van der Waals surface area contributed by atoms with Gasteiger partial charge in [0.05, 0.1) is 11.9 Å². The van der Waals surface area contributed by atoms with Gasteiger partial charge in [0.15, 0.2) is 0 Å². The lowest BCUT2D eigenvalue weighted by molar-refractivity contribution is 0.424. The summed E-state index contributed by atoms with van der Waals surface area (Å²) in [6, 6.07) is 2.16. The van der Waals surface area contributed by atoms with Crippen molar-refractivity contribution in [3.63, 3.8) is 0 Å². The first-order valence-electron chi connectivity index (χ1n) is 8.42. The molecule has 1 N–H and O–H groups in total. The van der Waals surface area contributed by atoms with E-state index in [4.69, 9.17) is 0 Å². The summed E-state index contributed by atoms with van der Waals surface area (Å²) in [7, 11) is 0. The molecule has 0 radical (unpaired) electrons. The molecule has 1 aliphatic rings. The van der Waals surface area contributed by atoms with E-state index in [1.807, 2.05) is 12.4 Å². The van der Waals surface area contributed by atoms with Gasteiger partial charge in [-0.2, -0.15) is 0 Å². The number of aromatic nitrogens is 1. The van der Waals surface area contributed by atoms with Gasteiger partial charge in [0.2, 0.25) is 0 Å². The Labute approximate surface area is 130 Å². The predicted molar refractivity (Wildman–Crippen MR) is 90.7 cm³/mol. The zero-order valence-electron chi connectivity index (χ0n) is 14.2. The number of hydrogen-bond acceptors (Lipinski definition) is 3. The number of hydrogen-bond donors (Lipinski definition) is 1. The molecule has 1 aromatic heterocycles. The van der Waals surface area contributed by atoms with Crippen molar-refractivity contribution in [2.24, 2.45) is 5.92 Å². The zero-order valence-corrected chi connectivity index (χ0v) is 14.2. The Morgan fingerprint density at radius 1 is 1.29 bits per heavy atom. The average molecular weight is 289 g/mol. The fourth-order valence-electron chi connectivity index (χ4n) is 3.02.